The van der Waals surface area contributed by atoms with Crippen LogP contribution in [-0.4, -0.2) is 31.9 Å². The molecule has 0 aliphatic carbocycles. The quantitative estimate of drug-likeness (QED) is 0.555. The van der Waals surface area contributed by atoms with Crippen LogP contribution in [0.1, 0.15) is 48.3 Å². The van der Waals surface area contributed by atoms with Gasteiger partial charge in [0.1, 0.15) is 6.10 Å². The van der Waals surface area contributed by atoms with Crippen LogP contribution in [0.4, 0.5) is 0 Å². The van der Waals surface area contributed by atoms with Gasteiger partial charge in [-0.3, -0.25) is 0 Å². The van der Waals surface area contributed by atoms with Crippen molar-refractivity contribution in [1.29, 1.82) is 0 Å². The largest absolute Gasteiger partial charge is 0.416 e. The molecule has 0 saturated carbocycles. The first-order valence-corrected chi connectivity index (χ1v) is 9.30. The zero-order valence-electron chi connectivity index (χ0n) is 13.6. The lowest BCUT2D eigenvalue weighted by atomic mass is 10.3. The lowest BCUT2D eigenvalue weighted by Gasteiger charge is -2.04. The van der Waals surface area contributed by atoms with E-state index in [1.165, 1.54) is 11.8 Å². The van der Waals surface area contributed by atoms with Crippen LogP contribution in [0.15, 0.2) is 19.5 Å². The molecule has 3 aromatic rings. The number of aromatic nitrogens is 5. The molecule has 0 fully saturated rings. The van der Waals surface area contributed by atoms with Crippen LogP contribution in [0, 0.1) is 6.92 Å². The Morgan fingerprint density at radius 3 is 2.92 bits per heavy atom. The highest BCUT2D eigenvalue weighted by atomic mass is 32.2. The molecule has 3 aromatic heterocycles. The van der Waals surface area contributed by atoms with Gasteiger partial charge in [0.2, 0.25) is 11.8 Å². The van der Waals surface area contributed by atoms with Gasteiger partial charge in [-0.15, -0.1) is 21.5 Å². The molecule has 24 heavy (non-hydrogen) atoms. The molecule has 0 bridgehead atoms. The molecule has 0 aliphatic heterocycles. The predicted molar refractivity (Wildman–Crippen MR) is 87.9 cm³/mol. The molecule has 10 heteroatoms. The number of nitrogens with zero attached hydrogens (tertiary/aromatic N) is 5. The molecule has 0 spiro atoms. The maximum Gasteiger partial charge on any atom is 0.277 e. The summed E-state index contributed by atoms with van der Waals surface area (Å²) in [7, 11) is 0. The van der Waals surface area contributed by atoms with Crippen molar-refractivity contribution < 1.29 is 13.7 Å². The molecule has 0 radical (unpaired) electrons. The Labute approximate surface area is 147 Å². The number of aryl methyl sites for hydroxylation is 1. The van der Waals surface area contributed by atoms with E-state index in [2.05, 4.69) is 25.3 Å². The van der Waals surface area contributed by atoms with Crippen molar-refractivity contribution in [2.45, 2.75) is 44.3 Å². The Kier molecular flexibility index (Phi) is 5.59. The summed E-state index contributed by atoms with van der Waals surface area (Å²) in [5.74, 6) is 2.04. The molecule has 0 aromatic carbocycles. The molecular weight excluding hydrogens is 350 g/mol. The summed E-state index contributed by atoms with van der Waals surface area (Å²) in [5, 5.41) is 15.4. The number of ether oxygens (including phenoxy) is 1. The molecule has 0 N–H and O–H groups in total. The van der Waals surface area contributed by atoms with Crippen LogP contribution in [0.25, 0.3) is 0 Å². The minimum atomic E-state index is -0.186. The third-order valence-electron chi connectivity index (χ3n) is 3.03. The molecule has 0 aliphatic rings. The van der Waals surface area contributed by atoms with Gasteiger partial charge in [-0.05, 0) is 20.8 Å². The van der Waals surface area contributed by atoms with Crippen molar-refractivity contribution in [3.05, 3.63) is 33.7 Å². The van der Waals surface area contributed by atoms with Gasteiger partial charge >= 0.3 is 0 Å². The Hall–Kier alpha value is -1.78. The monoisotopic (exact) mass is 367 g/mol. The van der Waals surface area contributed by atoms with Gasteiger partial charge in [0.25, 0.3) is 5.22 Å². The van der Waals surface area contributed by atoms with Gasteiger partial charge in [0.15, 0.2) is 5.82 Å². The number of hydrogen-bond acceptors (Lipinski definition) is 10. The average Bonchev–Trinajstić information content (AvgIpc) is 3.27. The second-order valence-corrected chi connectivity index (χ2v) is 6.92. The molecular formula is C14H17N5O3S2. The van der Waals surface area contributed by atoms with Crippen molar-refractivity contribution >= 4 is 23.1 Å². The lowest BCUT2D eigenvalue weighted by Crippen LogP contribution is -2.01. The van der Waals surface area contributed by atoms with Crippen LogP contribution >= 0.6 is 23.1 Å². The first-order valence-electron chi connectivity index (χ1n) is 7.44. The second-order valence-electron chi connectivity index (χ2n) is 4.93. The first kappa shape index (κ1) is 17.1. The van der Waals surface area contributed by atoms with Crippen LogP contribution in [0.2, 0.25) is 0 Å². The minimum absolute atomic E-state index is 0.186. The molecule has 0 amide bonds. The number of thioether (sulfide) groups is 1. The van der Waals surface area contributed by atoms with E-state index in [0.29, 0.717) is 41.6 Å². The average molecular weight is 367 g/mol. The van der Waals surface area contributed by atoms with Gasteiger partial charge in [-0.2, -0.15) is 4.98 Å². The van der Waals surface area contributed by atoms with Crippen molar-refractivity contribution in [3.63, 3.8) is 0 Å². The van der Waals surface area contributed by atoms with Gasteiger partial charge in [0.05, 0.1) is 22.9 Å². The zero-order chi connectivity index (χ0) is 16.9. The highest BCUT2D eigenvalue weighted by molar-refractivity contribution is 7.98. The van der Waals surface area contributed by atoms with Crippen LogP contribution < -0.4 is 0 Å². The van der Waals surface area contributed by atoms with Crippen molar-refractivity contribution in [2.75, 3.05) is 6.61 Å². The predicted octanol–water partition coefficient (Wildman–Crippen LogP) is 3.20. The maximum absolute atomic E-state index is 5.60. The van der Waals surface area contributed by atoms with Gasteiger partial charge in [0, 0.05) is 12.0 Å². The molecule has 3 heterocycles. The smallest absolute Gasteiger partial charge is 0.277 e. The van der Waals surface area contributed by atoms with Crippen LogP contribution in [0.3, 0.4) is 0 Å². The summed E-state index contributed by atoms with van der Waals surface area (Å²) in [4.78, 5) is 8.68. The van der Waals surface area contributed by atoms with Crippen molar-refractivity contribution in [3.8, 4) is 0 Å². The Morgan fingerprint density at radius 2 is 2.17 bits per heavy atom. The van der Waals surface area contributed by atoms with E-state index in [1.54, 1.807) is 11.3 Å². The molecule has 128 valence electrons. The van der Waals surface area contributed by atoms with Crippen LogP contribution in [-0.2, 0) is 16.9 Å². The van der Waals surface area contributed by atoms with Gasteiger partial charge < -0.3 is 13.7 Å². The summed E-state index contributed by atoms with van der Waals surface area (Å²) >= 11 is 2.96. The fourth-order valence-electron chi connectivity index (χ4n) is 1.95. The molecule has 1 unspecified atom stereocenters. The SMILES string of the molecule is CCOC(C)c1noc(CSc2nnc(Cc3csc(C)n3)o2)n1. The summed E-state index contributed by atoms with van der Waals surface area (Å²) in [5.41, 5.74) is 0.934. The third-order valence-corrected chi connectivity index (χ3v) is 4.66. The fraction of sp³-hybridized carbons (Fsp3) is 0.500. The standard InChI is InChI=1S/C14H17N5O3S2/c1-4-20-8(2)13-16-12(22-19-13)7-24-14-18-17-11(21-14)5-10-6-23-9(3)15-10/h6,8H,4-5,7H2,1-3H3. The molecule has 3 rings (SSSR count). The highest BCUT2D eigenvalue weighted by Gasteiger charge is 2.15. The Balaban J connectivity index is 1.54. The van der Waals surface area contributed by atoms with Crippen molar-refractivity contribution in [2.24, 2.45) is 0 Å². The Bertz CT molecular complexity index is 785. The second kappa shape index (κ2) is 7.86. The zero-order valence-corrected chi connectivity index (χ0v) is 15.2. The highest BCUT2D eigenvalue weighted by Crippen LogP contribution is 2.23. The number of rotatable bonds is 8. The van der Waals surface area contributed by atoms with Crippen LogP contribution in [0.5, 0.6) is 0 Å². The summed E-state index contributed by atoms with van der Waals surface area (Å²) < 4.78 is 16.2. The fourth-order valence-corrected chi connectivity index (χ4v) is 3.18. The number of hydrogen-bond donors (Lipinski definition) is 0. The number of thiazole rings is 1. The lowest BCUT2D eigenvalue weighted by molar-refractivity contribution is 0.0683. The minimum Gasteiger partial charge on any atom is -0.416 e. The summed E-state index contributed by atoms with van der Waals surface area (Å²) in [6.45, 7) is 6.38. The first-order chi connectivity index (χ1) is 11.6. The Morgan fingerprint density at radius 1 is 1.29 bits per heavy atom. The molecule has 0 saturated heterocycles. The normalized spacial score (nSPS) is 12.6. The molecule has 1 atom stereocenters. The van der Waals surface area contributed by atoms with E-state index in [-0.39, 0.29) is 6.10 Å². The van der Waals surface area contributed by atoms with E-state index in [1.807, 2.05) is 26.2 Å². The van der Waals surface area contributed by atoms with Gasteiger partial charge in [-0.1, -0.05) is 16.9 Å². The van der Waals surface area contributed by atoms with Gasteiger partial charge in [-0.25, -0.2) is 4.98 Å². The van der Waals surface area contributed by atoms with E-state index < -0.39 is 0 Å². The van der Waals surface area contributed by atoms with Crippen molar-refractivity contribution in [1.82, 2.24) is 25.3 Å². The van der Waals surface area contributed by atoms with E-state index in [9.17, 15) is 0 Å². The third kappa shape index (κ3) is 4.40. The summed E-state index contributed by atoms with van der Waals surface area (Å²) in [6, 6.07) is 0. The molecule has 8 nitrogen and oxygen atoms in total. The maximum atomic E-state index is 5.60. The van der Waals surface area contributed by atoms with E-state index in [4.69, 9.17) is 13.7 Å². The van der Waals surface area contributed by atoms with E-state index in [0.717, 1.165) is 10.7 Å². The summed E-state index contributed by atoms with van der Waals surface area (Å²) in [6.07, 6.45) is 0.350. The topological polar surface area (TPSA) is 100.0 Å². The van der Waals surface area contributed by atoms with E-state index >= 15 is 0 Å².